The molecule has 1 aliphatic heterocycles. The van der Waals surface area contributed by atoms with Crippen molar-refractivity contribution in [2.24, 2.45) is 11.0 Å². The molecule has 13 heteroatoms. The highest BCUT2D eigenvalue weighted by Gasteiger charge is 2.44. The summed E-state index contributed by atoms with van der Waals surface area (Å²) in [6.07, 6.45) is -3.47. The zero-order valence-electron chi connectivity index (χ0n) is 14.5. The van der Waals surface area contributed by atoms with E-state index >= 15 is 0 Å². The molecular weight excluding hydrogens is 360 g/mol. The summed E-state index contributed by atoms with van der Waals surface area (Å²) in [5.74, 6) is -0.746. The van der Waals surface area contributed by atoms with Gasteiger partial charge in [-0.15, -0.1) is 0 Å². The fourth-order valence-electron chi connectivity index (χ4n) is 2.66. The Morgan fingerprint density at radius 1 is 1.52 bits per heavy atom. The van der Waals surface area contributed by atoms with Gasteiger partial charge in [0, 0.05) is 10.8 Å². The molecule has 0 unspecified atom stereocenters. The number of aromatic nitrogens is 4. The lowest BCUT2D eigenvalue weighted by atomic mass is 10.1. The van der Waals surface area contributed by atoms with E-state index in [-0.39, 0.29) is 35.5 Å². The first kappa shape index (κ1) is 18.8. The van der Waals surface area contributed by atoms with E-state index in [1.54, 1.807) is 13.8 Å². The van der Waals surface area contributed by atoms with Gasteiger partial charge in [-0.25, -0.2) is 4.98 Å². The number of aliphatic hydroxyl groups excluding tert-OH is 2. The number of aromatic amines is 1. The molecule has 27 heavy (non-hydrogen) atoms. The van der Waals surface area contributed by atoms with Crippen molar-refractivity contribution < 1.29 is 19.7 Å². The summed E-state index contributed by atoms with van der Waals surface area (Å²) >= 11 is 0. The Hall–Kier alpha value is -2.99. The van der Waals surface area contributed by atoms with E-state index in [0.29, 0.717) is 0 Å². The lowest BCUT2D eigenvalue weighted by Gasteiger charge is -2.16. The molecule has 0 radical (unpaired) electrons. The number of amides is 1. The van der Waals surface area contributed by atoms with Crippen LogP contribution in [-0.4, -0.2) is 60.5 Å². The molecule has 1 fully saturated rings. The largest absolute Gasteiger partial charge is 0.388 e. The number of aliphatic hydroxyl groups is 2. The van der Waals surface area contributed by atoms with Crippen LogP contribution in [0, 0.1) is 5.92 Å². The van der Waals surface area contributed by atoms with E-state index in [4.69, 9.17) is 10.3 Å². The molecule has 0 aliphatic carbocycles. The first-order valence-electron chi connectivity index (χ1n) is 8.13. The normalized spacial score (nSPS) is 24.9. The fourth-order valence-corrected chi connectivity index (χ4v) is 2.66. The quantitative estimate of drug-likeness (QED) is 0.310. The number of carbonyl (C=O) groups is 1. The highest BCUT2D eigenvalue weighted by molar-refractivity contribution is 5.91. The number of hydrogen-bond donors (Lipinski definition) is 4. The van der Waals surface area contributed by atoms with Crippen LogP contribution in [0.15, 0.2) is 16.2 Å². The molecule has 13 nitrogen and oxygen atoms in total. The number of hydrogen-bond acceptors (Lipinski definition) is 8. The van der Waals surface area contributed by atoms with Gasteiger partial charge in [-0.05, 0) is 5.53 Å². The molecule has 0 bridgehead atoms. The average Bonchev–Trinajstić information content (AvgIpc) is 3.16. The second-order valence-corrected chi connectivity index (χ2v) is 6.34. The zero-order chi connectivity index (χ0) is 19.7. The number of nitrogens with zero attached hydrogens (tertiary/aromatic N) is 6. The van der Waals surface area contributed by atoms with Gasteiger partial charge in [0.1, 0.15) is 12.2 Å². The van der Waals surface area contributed by atoms with Crippen LogP contribution >= 0.6 is 0 Å². The van der Waals surface area contributed by atoms with Crippen LogP contribution in [0.1, 0.15) is 20.1 Å². The average molecular weight is 378 g/mol. The summed E-state index contributed by atoms with van der Waals surface area (Å²) in [6.45, 7) is 3.19. The van der Waals surface area contributed by atoms with Gasteiger partial charge in [0.05, 0.1) is 19.0 Å². The van der Waals surface area contributed by atoms with Crippen LogP contribution in [-0.2, 0) is 9.53 Å². The highest BCUT2D eigenvalue weighted by Crippen LogP contribution is 2.31. The Balaban J connectivity index is 1.97. The van der Waals surface area contributed by atoms with Crippen molar-refractivity contribution in [2.75, 3.05) is 11.9 Å². The first-order chi connectivity index (χ1) is 12.8. The van der Waals surface area contributed by atoms with E-state index in [9.17, 15) is 19.8 Å². The minimum absolute atomic E-state index is 0.0265. The van der Waals surface area contributed by atoms with E-state index in [1.165, 1.54) is 10.9 Å². The third kappa shape index (κ3) is 3.48. The van der Waals surface area contributed by atoms with Crippen molar-refractivity contribution in [3.8, 4) is 0 Å². The van der Waals surface area contributed by atoms with Crippen molar-refractivity contribution in [2.45, 2.75) is 38.4 Å². The molecule has 2 aromatic heterocycles. The molecule has 4 atom stereocenters. The van der Waals surface area contributed by atoms with Crippen molar-refractivity contribution in [3.05, 3.63) is 27.1 Å². The molecule has 0 spiro atoms. The van der Waals surface area contributed by atoms with Gasteiger partial charge in [-0.3, -0.25) is 24.5 Å². The molecule has 2 aromatic rings. The zero-order valence-corrected chi connectivity index (χ0v) is 14.5. The van der Waals surface area contributed by atoms with Crippen molar-refractivity contribution in [3.63, 3.8) is 0 Å². The number of H-pyrrole nitrogens is 1. The van der Waals surface area contributed by atoms with E-state index in [1.807, 2.05) is 0 Å². The lowest BCUT2D eigenvalue weighted by molar-refractivity contribution is -0.118. The van der Waals surface area contributed by atoms with Crippen molar-refractivity contribution in [1.29, 1.82) is 0 Å². The van der Waals surface area contributed by atoms with Crippen LogP contribution in [0.4, 0.5) is 5.95 Å². The maximum Gasteiger partial charge on any atom is 0.280 e. The van der Waals surface area contributed by atoms with Crippen LogP contribution < -0.4 is 10.9 Å². The standard InChI is InChI=1S/C14H18N8O5/c1-5(2)11(25)19-14-18-10-7(12(26)20-14)16-4-22(10)13-9(24)8(23)6(27-13)3-17-21-15/h4-6,8-9,13,23-24H,3H2,1-2H3,(H2,18,19,20,25,26)/t6-,8-,9-,13-/m1/s1. The summed E-state index contributed by atoms with van der Waals surface area (Å²) in [4.78, 5) is 37.2. The number of azide groups is 1. The molecule has 0 aromatic carbocycles. The summed E-state index contributed by atoms with van der Waals surface area (Å²) in [7, 11) is 0. The van der Waals surface area contributed by atoms with Gasteiger partial charge in [0.25, 0.3) is 5.56 Å². The summed E-state index contributed by atoms with van der Waals surface area (Å²) in [5, 5.41) is 26.2. The second kappa shape index (κ2) is 7.32. The highest BCUT2D eigenvalue weighted by atomic mass is 16.6. The maximum atomic E-state index is 12.2. The van der Waals surface area contributed by atoms with Gasteiger partial charge in [-0.2, -0.15) is 4.98 Å². The van der Waals surface area contributed by atoms with E-state index in [2.05, 4.69) is 30.3 Å². The molecule has 1 amide bonds. The topological polar surface area (TPSA) is 191 Å². The lowest BCUT2D eigenvalue weighted by Crippen LogP contribution is -2.32. The van der Waals surface area contributed by atoms with Crippen LogP contribution in [0.25, 0.3) is 21.6 Å². The Morgan fingerprint density at radius 2 is 2.26 bits per heavy atom. The van der Waals surface area contributed by atoms with Gasteiger partial charge < -0.3 is 14.9 Å². The van der Waals surface area contributed by atoms with Crippen molar-refractivity contribution >= 4 is 23.0 Å². The third-order valence-corrected chi connectivity index (χ3v) is 4.13. The predicted octanol–water partition coefficient (Wildman–Crippen LogP) is -0.356. The molecule has 0 saturated carbocycles. The maximum absolute atomic E-state index is 12.2. The smallest absolute Gasteiger partial charge is 0.280 e. The van der Waals surface area contributed by atoms with Crippen LogP contribution in [0.2, 0.25) is 0 Å². The van der Waals surface area contributed by atoms with Crippen LogP contribution in [0.3, 0.4) is 0 Å². The molecule has 4 N–H and O–H groups in total. The molecule has 144 valence electrons. The fraction of sp³-hybridized carbons (Fsp3) is 0.571. The SMILES string of the molecule is CC(C)C(=O)Nc1nc2c(ncn2[C@@H]2O[C@H](CN=[N+]=[N-])[C@@H](O)[C@H]2O)c(=O)[nH]1. The van der Waals surface area contributed by atoms with Gasteiger partial charge in [0.15, 0.2) is 17.4 Å². The molecule has 3 rings (SSSR count). The first-order valence-corrected chi connectivity index (χ1v) is 8.13. The number of fused-ring (bicyclic) bond motifs is 1. The molecular formula is C14H18N8O5. The molecule has 1 aliphatic rings. The van der Waals surface area contributed by atoms with E-state index in [0.717, 1.165) is 0 Å². The predicted molar refractivity (Wildman–Crippen MR) is 91.6 cm³/mol. The Kier molecular flexibility index (Phi) is 5.10. The molecule has 1 saturated heterocycles. The minimum Gasteiger partial charge on any atom is -0.388 e. The summed E-state index contributed by atoms with van der Waals surface area (Å²) < 4.78 is 6.84. The minimum atomic E-state index is -1.36. The van der Waals surface area contributed by atoms with Gasteiger partial charge in [0.2, 0.25) is 11.9 Å². The van der Waals surface area contributed by atoms with Crippen LogP contribution in [0.5, 0.6) is 0 Å². The number of imidazole rings is 1. The molecule has 3 heterocycles. The third-order valence-electron chi connectivity index (χ3n) is 4.13. The van der Waals surface area contributed by atoms with Gasteiger partial charge in [-0.1, -0.05) is 19.0 Å². The summed E-state index contributed by atoms with van der Waals surface area (Å²) in [6, 6.07) is 0. The summed E-state index contributed by atoms with van der Waals surface area (Å²) in [5.41, 5.74) is 7.84. The Labute approximate surface area is 151 Å². The van der Waals surface area contributed by atoms with Gasteiger partial charge >= 0.3 is 0 Å². The number of rotatable bonds is 5. The monoisotopic (exact) mass is 378 g/mol. The second-order valence-electron chi connectivity index (χ2n) is 6.34. The van der Waals surface area contributed by atoms with E-state index < -0.39 is 30.1 Å². The number of anilines is 1. The number of nitrogens with one attached hydrogen (secondary N) is 2. The van der Waals surface area contributed by atoms with Crippen molar-refractivity contribution in [1.82, 2.24) is 19.5 Å². The number of ether oxygens (including phenoxy) is 1. The Bertz CT molecular complexity index is 962. The number of carbonyl (C=O) groups excluding carboxylic acids is 1. The Morgan fingerprint density at radius 3 is 2.93 bits per heavy atom.